The number of fused-ring (bicyclic) bond motifs is 1. The molecule has 0 spiro atoms. The summed E-state index contributed by atoms with van der Waals surface area (Å²) < 4.78 is 91.7. The van der Waals surface area contributed by atoms with Gasteiger partial charge in [0.1, 0.15) is 36.7 Å². The Balaban J connectivity index is 0.000000191. The molecule has 34 heteroatoms. The van der Waals surface area contributed by atoms with E-state index < -0.39 is 0 Å². The van der Waals surface area contributed by atoms with Crippen molar-refractivity contribution >= 4 is 73.1 Å². The van der Waals surface area contributed by atoms with Gasteiger partial charge in [-0.3, -0.25) is 4.79 Å². The van der Waals surface area contributed by atoms with Crippen molar-refractivity contribution in [2.75, 3.05) is 98.2 Å². The fraction of sp³-hybridized carbons (Fsp3) is 0.457. The van der Waals surface area contributed by atoms with Gasteiger partial charge in [-0.2, -0.15) is 19.6 Å². The molecule has 0 aliphatic carbocycles. The molecule has 7 aliphatic heterocycles. The molecule has 1 aromatic carbocycles. The minimum Gasteiger partial charge on any atom is -0.473 e. The van der Waals surface area contributed by atoms with E-state index in [1.54, 1.807) is 38.4 Å². The van der Waals surface area contributed by atoms with Gasteiger partial charge in [-0.05, 0) is 180 Å². The van der Waals surface area contributed by atoms with Crippen molar-refractivity contribution in [3.8, 4) is 17.5 Å². The molecule has 7 aliphatic rings. The van der Waals surface area contributed by atoms with Crippen LogP contribution in [0.4, 0.5) is 5.95 Å². The van der Waals surface area contributed by atoms with Crippen molar-refractivity contribution in [1.29, 1.82) is 0 Å². The molecule has 18 rings (SSSR count). The molecule has 0 radical (unpaired) electrons. The third kappa shape index (κ3) is 36.0. The molecule has 1 unspecified atom stereocenters. The first-order chi connectivity index (χ1) is 59.4. The van der Waals surface area contributed by atoms with Gasteiger partial charge in [-0.15, -0.1) is 0 Å². The largest absolute Gasteiger partial charge is 0.473 e. The predicted octanol–water partition coefficient (Wildman–Crippen LogP) is 18.0. The lowest BCUT2D eigenvalue weighted by Crippen LogP contribution is -2.14. The molecule has 0 bridgehead atoms. The summed E-state index contributed by atoms with van der Waals surface area (Å²) >= 11 is 9.80. The molecule has 29 nitrogen and oxygen atoms in total. The lowest BCUT2D eigenvalue weighted by Gasteiger charge is -2.10. The van der Waals surface area contributed by atoms with E-state index in [4.69, 9.17) is 93.4 Å². The highest BCUT2D eigenvalue weighted by atomic mass is 79.9. The van der Waals surface area contributed by atoms with Gasteiger partial charge in [0.15, 0.2) is 11.4 Å². The summed E-state index contributed by atoms with van der Waals surface area (Å²) in [5, 5.41) is 7.15. The van der Waals surface area contributed by atoms with Crippen molar-refractivity contribution in [1.82, 2.24) is 54.5 Å². The second-order valence-corrected chi connectivity index (χ2v) is 33.1. The zero-order chi connectivity index (χ0) is 83.3. The van der Waals surface area contributed by atoms with E-state index in [1.165, 1.54) is 17.8 Å². The van der Waals surface area contributed by atoms with Crippen molar-refractivity contribution in [2.24, 2.45) is 0 Å². The van der Waals surface area contributed by atoms with Crippen LogP contribution in [0.15, 0.2) is 210 Å². The molecule has 7 atom stereocenters. The first-order valence-electron chi connectivity index (χ1n) is 40.4. The number of aromatic amines is 2. The number of rotatable bonds is 30. The van der Waals surface area contributed by atoms with E-state index in [9.17, 15) is 4.79 Å². The first-order valence-corrected chi connectivity index (χ1v) is 44.5. The van der Waals surface area contributed by atoms with Crippen molar-refractivity contribution < 1.29 is 75.5 Å². The molecule has 7 fully saturated rings. The number of halogens is 1. The Labute approximate surface area is 765 Å². The summed E-state index contributed by atoms with van der Waals surface area (Å²) in [6.45, 7) is 16.3. The number of hydrogen-bond acceptors (Lipinski definition) is 30. The lowest BCUT2D eigenvalue weighted by atomic mass is 10.2. The maximum absolute atomic E-state index is 11.0. The zero-order valence-electron chi connectivity index (χ0n) is 67.3. The normalized spacial score (nSPS) is 18.9. The maximum atomic E-state index is 11.0. The van der Waals surface area contributed by atoms with Crippen molar-refractivity contribution in [3.63, 3.8) is 0 Å². The number of nitrogens with one attached hydrogen (secondary N) is 2. The Morgan fingerprint density at radius 3 is 1.26 bits per heavy atom. The molecule has 7 saturated heterocycles. The molecule has 10 aromatic heterocycles. The number of aryl methyl sites for hydroxylation is 1. The Morgan fingerprint density at radius 2 is 0.833 bits per heavy atom. The monoisotopic (exact) mass is 1870 g/mol. The minimum absolute atomic E-state index is 0. The van der Waals surface area contributed by atoms with Crippen molar-refractivity contribution in [2.45, 2.75) is 205 Å². The van der Waals surface area contributed by atoms with Crippen LogP contribution in [0.3, 0.4) is 0 Å². The summed E-state index contributed by atoms with van der Waals surface area (Å²) in [7, 11) is 3.20. The number of anilines is 1. The predicted molar refractivity (Wildman–Crippen MR) is 494 cm³/mol. The number of furan rings is 1. The number of nitrogen functional groups attached to an aromatic ring is 1. The van der Waals surface area contributed by atoms with E-state index in [0.717, 1.165) is 172 Å². The number of pyridine rings is 7. The molecule has 682 valence electrons. The van der Waals surface area contributed by atoms with E-state index in [2.05, 4.69) is 65.9 Å². The second-order valence-electron chi connectivity index (χ2n) is 28.6. The fourth-order valence-electron chi connectivity index (χ4n) is 12.6. The summed E-state index contributed by atoms with van der Waals surface area (Å²) in [4.78, 5) is 49.0. The van der Waals surface area contributed by atoms with Gasteiger partial charge < -0.3 is 91.2 Å². The number of aromatic nitrogens is 11. The molecule has 0 amide bonds. The Hall–Kier alpha value is -8.31. The molecule has 0 saturated carbocycles. The zero-order valence-corrected chi connectivity index (χ0v) is 72.2. The lowest BCUT2D eigenvalue weighted by molar-refractivity contribution is 0.0299. The highest BCUT2D eigenvalue weighted by Gasteiger charge is 2.24. The van der Waals surface area contributed by atoms with Crippen molar-refractivity contribution in [3.05, 3.63) is 247 Å². The summed E-state index contributed by atoms with van der Waals surface area (Å²) in [6, 6.07) is 54.1. The average molecular weight is 1880 g/mol. The van der Waals surface area contributed by atoms with Crippen LogP contribution in [-0.2, 0) is 119 Å². The van der Waals surface area contributed by atoms with Crippen LogP contribution in [0.25, 0.3) is 17.2 Å². The van der Waals surface area contributed by atoms with Gasteiger partial charge in [0.05, 0.1) is 175 Å². The molecule has 126 heavy (non-hydrogen) atoms. The number of ether oxygens (including phenoxy) is 15. The van der Waals surface area contributed by atoms with E-state index in [1.807, 2.05) is 165 Å². The smallest absolute Gasteiger partial charge is 0.248 e. The van der Waals surface area contributed by atoms with Gasteiger partial charge in [0.25, 0.3) is 0 Å². The van der Waals surface area contributed by atoms with Crippen LogP contribution < -0.4 is 16.0 Å². The SMILES string of the molecule is Brc1cccc(CO[C@H]2CCOC2)n1.C.C.C.C.C.Cc1ccc(-c2nc(N)nc3c(Sc4cccc(CO[C@H]5CCOC5)n4)cnn23)o1.O=c1cccc(CO[C@H]2CCOC2)[nH]1.S=c1cccc(CO[C@H]2CCOC2)[nH]1.c1cc(COC2CCOC2)nc(SSc2cccc(CO[C@H]3CCOC3)n2)c1.c1ccc(COc2cccc(CO[C@H]3CCOC3)n2)cc1. The average Bonchev–Trinajstić information content (AvgIpc) is 1.63. The van der Waals surface area contributed by atoms with Crippen LogP contribution in [0, 0.1) is 11.6 Å². The summed E-state index contributed by atoms with van der Waals surface area (Å²) in [5.74, 6) is 2.65. The highest BCUT2D eigenvalue weighted by molar-refractivity contribution is 9.10. The van der Waals surface area contributed by atoms with Gasteiger partial charge in [0, 0.05) is 69.8 Å². The quantitative estimate of drug-likeness (QED) is 0.0214. The summed E-state index contributed by atoms with van der Waals surface area (Å²) in [5.41, 5.74) is 14.0. The van der Waals surface area contributed by atoms with Crippen LogP contribution >= 0.6 is 61.5 Å². The Morgan fingerprint density at radius 1 is 0.429 bits per heavy atom. The van der Waals surface area contributed by atoms with E-state index in [-0.39, 0.29) is 91.4 Å². The van der Waals surface area contributed by atoms with Crippen LogP contribution in [-0.4, -0.2) is 190 Å². The van der Waals surface area contributed by atoms with Crippen LogP contribution in [0.5, 0.6) is 5.88 Å². The molecule has 4 N–H and O–H groups in total. The third-order valence-electron chi connectivity index (χ3n) is 19.0. The number of benzene rings is 1. The summed E-state index contributed by atoms with van der Waals surface area (Å²) in [6.07, 6.45) is 9.87. The van der Waals surface area contributed by atoms with Crippen LogP contribution in [0.2, 0.25) is 0 Å². The molecular formula is C92H121BrN12O17S4. The van der Waals surface area contributed by atoms with Gasteiger partial charge in [-0.25, -0.2) is 24.9 Å². The Bertz CT molecular complexity index is 4870. The van der Waals surface area contributed by atoms with Gasteiger partial charge in [0.2, 0.25) is 23.2 Å². The van der Waals surface area contributed by atoms with Crippen LogP contribution in [0.1, 0.15) is 133 Å². The van der Waals surface area contributed by atoms with E-state index >= 15 is 0 Å². The first kappa shape index (κ1) is 103. The molecule has 11 aromatic rings. The van der Waals surface area contributed by atoms with E-state index in [0.29, 0.717) is 122 Å². The number of nitrogens with two attached hydrogens (primary N) is 1. The highest BCUT2D eigenvalue weighted by Crippen LogP contribution is 2.36. The topological polar surface area (TPSA) is 334 Å². The Kier molecular flexibility index (Phi) is 46.5. The minimum atomic E-state index is -0.0891. The second kappa shape index (κ2) is 56.9. The van der Waals surface area contributed by atoms with Gasteiger partial charge >= 0.3 is 0 Å². The number of H-pyrrole nitrogens is 2. The number of hydrogen-bond donors (Lipinski definition) is 3. The standard InChI is InChI=1S/C20H20N6O3S.C20H24N2O4S2.C17H19NO3.C10H12BrNO2.C10H13NO3.C10H13NO2S.5CH4/c1-12-5-6-15(29-12)18-24-20(21)25-19-16(9-22-26(18)19)30-17-4-2-3-13(23-17)10-28-14-7-8-27-11-14;1-3-15(11-25-17-7-9-23-13-17)21-19(5-1)27-28-20-6-2-4-16(22-20)12-26-18-8-10-24-14-18;1-2-5-14(6-3-1)11-21-17-8-4-7-15(18-17)12-20-16-9-10-19-13-16;11-10-3-1-2-8(12-10)6-14-9-4-5-13-7-9;12-10-3-1-2-8(11-10)6-14-9-4-5-13-7-9;14-10-3-1-2-8(11-10)6-13-9-4-5-12-7-9;;;;;/h2-6,9,14H,7-8,10-11H2,1H3,(H2,21,25);1-6,17-18H,7-14H2;1-8,16H,9-13H2;1-3,9H,4-7H2;1-3,9H,4-7H2,(H,11,12);1-3,9H,4-7H2,(H,11,14);5*1H4/t14-;17-,18?;16-;3*9-;;;;;/m000000...../s1. The molecule has 17 heterocycles. The molecular weight excluding hydrogens is 1750 g/mol. The fourth-order valence-corrected chi connectivity index (χ4v) is 15.9. The third-order valence-corrected chi connectivity index (χ3v) is 22.8. The maximum Gasteiger partial charge on any atom is 0.248 e. The van der Waals surface area contributed by atoms with Gasteiger partial charge in [-0.1, -0.05) is 134 Å². The number of nitrogens with zero attached hydrogens (tertiary/aromatic N) is 9.